The van der Waals surface area contributed by atoms with Crippen molar-refractivity contribution in [2.75, 3.05) is 19.5 Å². The van der Waals surface area contributed by atoms with Gasteiger partial charge in [-0.1, -0.05) is 57.2 Å². The molecule has 1 heteroatoms. The van der Waals surface area contributed by atoms with Gasteiger partial charge in [0.05, 0.1) is 0 Å². The zero-order valence-electron chi connectivity index (χ0n) is 12.3. The molecule has 2 rings (SSSR count). The largest absolute Gasteiger partial charge is 0.113 e. The second kappa shape index (κ2) is 5.17. The van der Waals surface area contributed by atoms with Crippen LogP contribution >= 0.6 is 7.92 Å². The van der Waals surface area contributed by atoms with Crippen molar-refractivity contribution in [2.45, 2.75) is 26.7 Å². The Kier molecular flexibility index (Phi) is 3.97. The number of fused-ring (bicyclic) bond motifs is 1. The van der Waals surface area contributed by atoms with Gasteiger partial charge in [-0.25, -0.2) is 0 Å². The molecule has 0 saturated heterocycles. The molecular formula is C17H25P. The van der Waals surface area contributed by atoms with E-state index in [0.29, 0.717) is 11.3 Å². The molecule has 0 amide bonds. The molecule has 0 fully saturated rings. The summed E-state index contributed by atoms with van der Waals surface area (Å²) in [6, 6.07) is 8.88. The fourth-order valence-electron chi connectivity index (χ4n) is 2.95. The summed E-state index contributed by atoms with van der Waals surface area (Å²) in [5.41, 5.74) is 3.33. The molecule has 0 N–H and O–H groups in total. The Morgan fingerprint density at radius 3 is 2.44 bits per heavy atom. The standard InChI is InChI=1S/C17H25P/c1-17(2,3)16(12-18(4)5)15-11-10-13-8-6-7-9-14(13)15/h6-11,15-16H,12H2,1-5H3. The minimum Gasteiger partial charge on any atom is -0.113 e. The molecule has 1 aromatic rings. The van der Waals surface area contributed by atoms with Gasteiger partial charge in [0.25, 0.3) is 0 Å². The Hall–Kier alpha value is -0.610. The molecule has 2 atom stereocenters. The van der Waals surface area contributed by atoms with Crippen LogP contribution in [0.1, 0.15) is 37.8 Å². The summed E-state index contributed by atoms with van der Waals surface area (Å²) in [5.74, 6) is 1.37. The average molecular weight is 260 g/mol. The van der Waals surface area contributed by atoms with Gasteiger partial charge >= 0.3 is 0 Å². The van der Waals surface area contributed by atoms with Crippen LogP contribution in [0.15, 0.2) is 30.3 Å². The quantitative estimate of drug-likeness (QED) is 0.655. The molecule has 1 aliphatic rings. The monoisotopic (exact) mass is 260 g/mol. The first kappa shape index (κ1) is 13.8. The van der Waals surface area contributed by atoms with Crippen molar-refractivity contribution in [3.8, 4) is 0 Å². The van der Waals surface area contributed by atoms with Crippen molar-refractivity contribution in [1.29, 1.82) is 0 Å². The molecular weight excluding hydrogens is 235 g/mol. The van der Waals surface area contributed by atoms with Crippen LogP contribution in [0.4, 0.5) is 0 Å². The predicted octanol–water partition coefficient (Wildman–Crippen LogP) is 5.20. The fraction of sp³-hybridized carbons (Fsp3) is 0.529. The van der Waals surface area contributed by atoms with Crippen molar-refractivity contribution in [2.24, 2.45) is 11.3 Å². The lowest BCUT2D eigenvalue weighted by molar-refractivity contribution is 0.246. The highest BCUT2D eigenvalue weighted by molar-refractivity contribution is 7.55. The maximum absolute atomic E-state index is 2.43. The third kappa shape index (κ3) is 2.86. The van der Waals surface area contributed by atoms with Gasteiger partial charge in [0.1, 0.15) is 0 Å². The summed E-state index contributed by atoms with van der Waals surface area (Å²) in [7, 11) is 0.157. The van der Waals surface area contributed by atoms with Crippen LogP contribution in [0.5, 0.6) is 0 Å². The molecule has 0 bridgehead atoms. The van der Waals surface area contributed by atoms with E-state index in [1.54, 1.807) is 0 Å². The Labute approximate surface area is 113 Å². The Morgan fingerprint density at radius 2 is 1.83 bits per heavy atom. The van der Waals surface area contributed by atoms with Crippen molar-refractivity contribution in [3.05, 3.63) is 41.5 Å². The average Bonchev–Trinajstić information content (AvgIpc) is 2.67. The third-order valence-corrected chi connectivity index (χ3v) is 5.07. The van der Waals surface area contributed by atoms with Crippen molar-refractivity contribution >= 4 is 14.0 Å². The molecule has 0 saturated carbocycles. The van der Waals surface area contributed by atoms with Gasteiger partial charge in [0, 0.05) is 5.92 Å². The van der Waals surface area contributed by atoms with E-state index < -0.39 is 0 Å². The maximum atomic E-state index is 2.43. The minimum absolute atomic E-state index is 0.157. The number of allylic oxidation sites excluding steroid dienone is 1. The summed E-state index contributed by atoms with van der Waals surface area (Å²) in [6.45, 7) is 12.0. The second-order valence-electron chi connectivity index (χ2n) is 6.75. The summed E-state index contributed by atoms with van der Waals surface area (Å²) < 4.78 is 0. The molecule has 1 aromatic carbocycles. The van der Waals surface area contributed by atoms with E-state index >= 15 is 0 Å². The Bertz CT molecular complexity index is 437. The first-order valence-corrected chi connectivity index (χ1v) is 9.23. The smallest absolute Gasteiger partial charge is 0.00638 e. The van der Waals surface area contributed by atoms with Gasteiger partial charge in [-0.3, -0.25) is 0 Å². The minimum atomic E-state index is 0.157. The topological polar surface area (TPSA) is 0 Å². The summed E-state index contributed by atoms with van der Waals surface area (Å²) in [6.07, 6.45) is 6.11. The number of rotatable bonds is 3. The third-order valence-electron chi connectivity index (χ3n) is 3.95. The van der Waals surface area contributed by atoms with Crippen LogP contribution in [-0.2, 0) is 0 Å². The highest BCUT2D eigenvalue weighted by Gasteiger charge is 2.34. The van der Waals surface area contributed by atoms with E-state index in [0.717, 1.165) is 5.92 Å². The first-order valence-electron chi connectivity index (χ1n) is 6.81. The van der Waals surface area contributed by atoms with Gasteiger partial charge in [0.15, 0.2) is 0 Å². The van der Waals surface area contributed by atoms with Gasteiger partial charge in [-0.2, -0.15) is 0 Å². The van der Waals surface area contributed by atoms with E-state index in [-0.39, 0.29) is 7.92 Å². The van der Waals surface area contributed by atoms with Crippen molar-refractivity contribution in [3.63, 3.8) is 0 Å². The van der Waals surface area contributed by atoms with Crippen LogP contribution in [0, 0.1) is 11.3 Å². The zero-order chi connectivity index (χ0) is 13.3. The Balaban J connectivity index is 2.31. The van der Waals surface area contributed by atoms with Crippen molar-refractivity contribution < 1.29 is 0 Å². The molecule has 0 spiro atoms. The molecule has 0 aromatic heterocycles. The number of hydrogen-bond donors (Lipinski definition) is 0. The highest BCUT2D eigenvalue weighted by Crippen LogP contribution is 2.47. The molecule has 0 aliphatic heterocycles. The second-order valence-corrected chi connectivity index (χ2v) is 9.27. The van der Waals surface area contributed by atoms with Crippen LogP contribution in [0.25, 0.3) is 6.08 Å². The van der Waals surface area contributed by atoms with E-state index in [1.165, 1.54) is 17.3 Å². The van der Waals surface area contributed by atoms with Crippen LogP contribution in [-0.4, -0.2) is 19.5 Å². The molecule has 18 heavy (non-hydrogen) atoms. The lowest BCUT2D eigenvalue weighted by atomic mass is 9.72. The molecule has 0 heterocycles. The summed E-state index contributed by atoms with van der Waals surface area (Å²) in [5, 5.41) is 0. The summed E-state index contributed by atoms with van der Waals surface area (Å²) in [4.78, 5) is 0. The molecule has 2 unspecified atom stereocenters. The van der Waals surface area contributed by atoms with E-state index in [4.69, 9.17) is 0 Å². The summed E-state index contributed by atoms with van der Waals surface area (Å²) >= 11 is 0. The van der Waals surface area contributed by atoms with E-state index in [9.17, 15) is 0 Å². The fourth-order valence-corrected chi connectivity index (χ4v) is 4.51. The maximum Gasteiger partial charge on any atom is 0.00638 e. The van der Waals surface area contributed by atoms with Gasteiger partial charge in [-0.05, 0) is 42.0 Å². The normalized spacial score (nSPS) is 20.2. The van der Waals surface area contributed by atoms with Crippen LogP contribution < -0.4 is 0 Å². The Morgan fingerprint density at radius 1 is 1.17 bits per heavy atom. The lowest BCUT2D eigenvalue weighted by Crippen LogP contribution is -2.28. The SMILES string of the molecule is CP(C)CC(C1C=Cc2ccccc21)C(C)(C)C. The van der Waals surface area contributed by atoms with Gasteiger partial charge in [0.2, 0.25) is 0 Å². The lowest BCUT2D eigenvalue weighted by Gasteiger charge is -2.36. The van der Waals surface area contributed by atoms with Gasteiger partial charge < -0.3 is 0 Å². The zero-order valence-corrected chi connectivity index (χ0v) is 13.2. The van der Waals surface area contributed by atoms with E-state index in [1.807, 2.05) is 0 Å². The number of benzene rings is 1. The highest BCUT2D eigenvalue weighted by atomic mass is 31.1. The molecule has 0 radical (unpaired) electrons. The van der Waals surface area contributed by atoms with Crippen LogP contribution in [0.2, 0.25) is 0 Å². The number of hydrogen-bond acceptors (Lipinski definition) is 0. The van der Waals surface area contributed by atoms with Crippen molar-refractivity contribution in [1.82, 2.24) is 0 Å². The van der Waals surface area contributed by atoms with Crippen LogP contribution in [0.3, 0.4) is 0 Å². The first-order chi connectivity index (χ1) is 8.39. The van der Waals surface area contributed by atoms with E-state index in [2.05, 4.69) is 70.5 Å². The molecule has 0 nitrogen and oxygen atoms in total. The molecule has 98 valence electrons. The molecule has 1 aliphatic carbocycles. The predicted molar refractivity (Wildman–Crippen MR) is 84.8 cm³/mol. The van der Waals surface area contributed by atoms with Gasteiger partial charge in [-0.15, -0.1) is 7.92 Å².